The molecule has 0 spiro atoms. The lowest BCUT2D eigenvalue weighted by Gasteiger charge is -2.18. The zero-order valence-electron chi connectivity index (χ0n) is 9.29. The van der Waals surface area contributed by atoms with Crippen molar-refractivity contribution in [3.8, 4) is 0 Å². The maximum atomic E-state index is 5.56. The van der Waals surface area contributed by atoms with E-state index in [1.54, 1.807) is 6.26 Å². The van der Waals surface area contributed by atoms with Gasteiger partial charge in [-0.2, -0.15) is 0 Å². The molecule has 1 rings (SSSR count). The van der Waals surface area contributed by atoms with Gasteiger partial charge in [-0.05, 0) is 19.0 Å². The van der Waals surface area contributed by atoms with Gasteiger partial charge < -0.3 is 15.1 Å². The van der Waals surface area contributed by atoms with Gasteiger partial charge in [-0.1, -0.05) is 13.8 Å². The second kappa shape index (κ2) is 5.17. The zero-order valence-corrected chi connectivity index (χ0v) is 9.29. The van der Waals surface area contributed by atoms with Crippen LogP contribution in [0.2, 0.25) is 0 Å². The molecule has 0 amide bonds. The minimum absolute atomic E-state index is 0.484. The molecule has 1 aromatic rings. The summed E-state index contributed by atoms with van der Waals surface area (Å²) < 4.78 is 5.27. The van der Waals surface area contributed by atoms with Gasteiger partial charge in [-0.25, -0.2) is 0 Å². The molecule has 3 nitrogen and oxygen atoms in total. The van der Waals surface area contributed by atoms with Gasteiger partial charge in [-0.15, -0.1) is 0 Å². The van der Waals surface area contributed by atoms with Crippen LogP contribution in [0.5, 0.6) is 0 Å². The molecular weight excluding hydrogens is 176 g/mol. The largest absolute Gasteiger partial charge is 0.468 e. The standard InChI is InChI=1S/C11H20N2O/c1-9(2)7-13(3)8-10-4-5-14-11(10)6-12/h4-5,9H,6-8,12H2,1-3H3. The van der Waals surface area contributed by atoms with Crippen LogP contribution in [0.4, 0.5) is 0 Å². The highest BCUT2D eigenvalue weighted by molar-refractivity contribution is 5.16. The molecule has 0 aliphatic carbocycles. The first kappa shape index (κ1) is 11.3. The fourth-order valence-corrected chi connectivity index (χ4v) is 1.67. The van der Waals surface area contributed by atoms with Gasteiger partial charge in [0.1, 0.15) is 5.76 Å². The smallest absolute Gasteiger partial charge is 0.121 e. The summed E-state index contributed by atoms with van der Waals surface area (Å²) in [6.45, 7) is 6.93. The first-order chi connectivity index (χ1) is 6.63. The van der Waals surface area contributed by atoms with Crippen LogP contribution in [0.25, 0.3) is 0 Å². The Morgan fingerprint density at radius 2 is 2.21 bits per heavy atom. The van der Waals surface area contributed by atoms with Gasteiger partial charge in [0.2, 0.25) is 0 Å². The van der Waals surface area contributed by atoms with E-state index in [-0.39, 0.29) is 0 Å². The highest BCUT2D eigenvalue weighted by Gasteiger charge is 2.08. The summed E-state index contributed by atoms with van der Waals surface area (Å²) in [7, 11) is 2.12. The number of nitrogens with zero attached hydrogens (tertiary/aromatic N) is 1. The zero-order chi connectivity index (χ0) is 10.6. The van der Waals surface area contributed by atoms with E-state index in [4.69, 9.17) is 10.2 Å². The van der Waals surface area contributed by atoms with Crippen LogP contribution < -0.4 is 5.73 Å². The average Bonchev–Trinajstić information content (AvgIpc) is 2.50. The van der Waals surface area contributed by atoms with Gasteiger partial charge in [0.15, 0.2) is 0 Å². The first-order valence-corrected chi connectivity index (χ1v) is 5.07. The highest BCUT2D eigenvalue weighted by atomic mass is 16.3. The predicted octanol–water partition coefficient (Wildman–Crippen LogP) is 1.83. The Balaban J connectivity index is 2.51. The fraction of sp³-hybridized carbons (Fsp3) is 0.636. The van der Waals surface area contributed by atoms with Crippen molar-refractivity contribution in [1.82, 2.24) is 4.90 Å². The van der Waals surface area contributed by atoms with Crippen LogP contribution in [-0.4, -0.2) is 18.5 Å². The monoisotopic (exact) mass is 196 g/mol. The van der Waals surface area contributed by atoms with Crippen LogP contribution in [-0.2, 0) is 13.1 Å². The molecule has 1 aromatic heterocycles. The molecular formula is C11H20N2O. The third-order valence-corrected chi connectivity index (χ3v) is 2.14. The van der Waals surface area contributed by atoms with Gasteiger partial charge in [0, 0.05) is 18.7 Å². The number of nitrogens with two attached hydrogens (primary N) is 1. The molecule has 3 heteroatoms. The van der Waals surface area contributed by atoms with Crippen LogP contribution in [0.3, 0.4) is 0 Å². The summed E-state index contributed by atoms with van der Waals surface area (Å²) in [5, 5.41) is 0. The number of rotatable bonds is 5. The summed E-state index contributed by atoms with van der Waals surface area (Å²) in [4.78, 5) is 2.29. The topological polar surface area (TPSA) is 42.4 Å². The number of furan rings is 1. The van der Waals surface area contributed by atoms with Crippen molar-refractivity contribution in [2.45, 2.75) is 26.9 Å². The van der Waals surface area contributed by atoms with E-state index in [2.05, 4.69) is 25.8 Å². The second-order valence-corrected chi connectivity index (χ2v) is 4.16. The summed E-state index contributed by atoms with van der Waals surface area (Å²) in [6, 6.07) is 2.00. The number of hydrogen-bond donors (Lipinski definition) is 1. The molecule has 0 radical (unpaired) electrons. The lowest BCUT2D eigenvalue weighted by atomic mass is 10.2. The van der Waals surface area contributed by atoms with E-state index >= 15 is 0 Å². The minimum atomic E-state index is 0.484. The van der Waals surface area contributed by atoms with E-state index < -0.39 is 0 Å². The van der Waals surface area contributed by atoms with Gasteiger partial charge in [0.05, 0.1) is 12.8 Å². The normalized spacial score (nSPS) is 11.6. The number of hydrogen-bond acceptors (Lipinski definition) is 3. The Labute approximate surface area is 85.9 Å². The molecule has 2 N–H and O–H groups in total. The highest BCUT2D eigenvalue weighted by Crippen LogP contribution is 2.12. The SMILES string of the molecule is CC(C)CN(C)Cc1ccoc1CN. The Kier molecular flexibility index (Phi) is 4.17. The van der Waals surface area contributed by atoms with Crippen molar-refractivity contribution >= 4 is 0 Å². The van der Waals surface area contributed by atoms with Crippen molar-refractivity contribution in [1.29, 1.82) is 0 Å². The van der Waals surface area contributed by atoms with E-state index in [1.165, 1.54) is 5.56 Å². The summed E-state index contributed by atoms with van der Waals surface area (Å²) in [5.74, 6) is 1.59. The molecule has 0 aliphatic rings. The molecule has 0 bridgehead atoms. The van der Waals surface area contributed by atoms with Crippen molar-refractivity contribution in [2.24, 2.45) is 11.7 Å². The van der Waals surface area contributed by atoms with Gasteiger partial charge in [0.25, 0.3) is 0 Å². The third kappa shape index (κ3) is 3.16. The van der Waals surface area contributed by atoms with E-state index in [0.717, 1.165) is 18.8 Å². The van der Waals surface area contributed by atoms with Crippen molar-refractivity contribution < 1.29 is 4.42 Å². The Hall–Kier alpha value is -0.800. The molecule has 0 fully saturated rings. The summed E-state index contributed by atoms with van der Waals surface area (Å²) >= 11 is 0. The molecule has 0 unspecified atom stereocenters. The maximum Gasteiger partial charge on any atom is 0.121 e. The molecule has 0 aliphatic heterocycles. The maximum absolute atomic E-state index is 5.56. The molecule has 80 valence electrons. The van der Waals surface area contributed by atoms with E-state index in [0.29, 0.717) is 12.5 Å². The third-order valence-electron chi connectivity index (χ3n) is 2.14. The molecule has 0 saturated heterocycles. The molecule has 0 atom stereocenters. The van der Waals surface area contributed by atoms with Crippen molar-refractivity contribution in [2.75, 3.05) is 13.6 Å². The Bertz CT molecular complexity index is 268. The van der Waals surface area contributed by atoms with Gasteiger partial charge in [-0.3, -0.25) is 0 Å². The van der Waals surface area contributed by atoms with Crippen molar-refractivity contribution in [3.05, 3.63) is 23.7 Å². The van der Waals surface area contributed by atoms with Crippen LogP contribution in [0, 0.1) is 5.92 Å². The van der Waals surface area contributed by atoms with Crippen LogP contribution in [0.15, 0.2) is 16.7 Å². The molecule has 14 heavy (non-hydrogen) atoms. The molecule has 1 heterocycles. The lowest BCUT2D eigenvalue weighted by molar-refractivity contribution is 0.286. The predicted molar refractivity (Wildman–Crippen MR) is 57.8 cm³/mol. The molecule has 0 saturated carbocycles. The van der Waals surface area contributed by atoms with Crippen molar-refractivity contribution in [3.63, 3.8) is 0 Å². The summed E-state index contributed by atoms with van der Waals surface area (Å²) in [6.07, 6.45) is 1.71. The fourth-order valence-electron chi connectivity index (χ4n) is 1.67. The Morgan fingerprint density at radius 1 is 1.50 bits per heavy atom. The first-order valence-electron chi connectivity index (χ1n) is 5.07. The van der Waals surface area contributed by atoms with Gasteiger partial charge >= 0.3 is 0 Å². The quantitative estimate of drug-likeness (QED) is 0.781. The molecule has 0 aromatic carbocycles. The van der Waals surface area contributed by atoms with Crippen LogP contribution >= 0.6 is 0 Å². The van der Waals surface area contributed by atoms with E-state index in [1.807, 2.05) is 6.07 Å². The summed E-state index contributed by atoms with van der Waals surface area (Å²) in [5.41, 5.74) is 6.76. The second-order valence-electron chi connectivity index (χ2n) is 4.16. The Morgan fingerprint density at radius 3 is 2.79 bits per heavy atom. The van der Waals surface area contributed by atoms with Crippen LogP contribution in [0.1, 0.15) is 25.2 Å². The lowest BCUT2D eigenvalue weighted by Crippen LogP contribution is -2.23. The minimum Gasteiger partial charge on any atom is -0.468 e. The average molecular weight is 196 g/mol. The van der Waals surface area contributed by atoms with E-state index in [9.17, 15) is 0 Å².